The Labute approximate surface area is 172 Å². The summed E-state index contributed by atoms with van der Waals surface area (Å²) in [7, 11) is 0. The number of benzene rings is 3. The van der Waals surface area contributed by atoms with Gasteiger partial charge in [-0.05, 0) is 26.0 Å². The van der Waals surface area contributed by atoms with Crippen molar-refractivity contribution in [3.8, 4) is 0 Å². The summed E-state index contributed by atoms with van der Waals surface area (Å²) < 4.78 is 0. The zero-order valence-electron chi connectivity index (χ0n) is 16.3. The van der Waals surface area contributed by atoms with Crippen molar-refractivity contribution in [1.29, 1.82) is 0 Å². The van der Waals surface area contributed by atoms with Gasteiger partial charge in [0.15, 0.2) is 11.6 Å². The first kappa shape index (κ1) is 20.7. The van der Waals surface area contributed by atoms with Crippen molar-refractivity contribution in [1.82, 2.24) is 0 Å². The van der Waals surface area contributed by atoms with Gasteiger partial charge in [0, 0.05) is 22.3 Å². The lowest BCUT2D eigenvalue weighted by Gasteiger charge is -2.12. The van der Waals surface area contributed by atoms with Crippen LogP contribution in [0, 0.1) is 13.8 Å². The molecule has 0 aliphatic heterocycles. The summed E-state index contributed by atoms with van der Waals surface area (Å²) in [5.74, 6) is -4.13. The maximum absolute atomic E-state index is 12.9. The smallest absolute Gasteiger partial charge is 0.336 e. The van der Waals surface area contributed by atoms with Crippen LogP contribution < -0.4 is 0 Å². The average Bonchev–Trinajstić information content (AvgIpc) is 2.72. The van der Waals surface area contributed by atoms with Crippen molar-refractivity contribution in [3.05, 3.63) is 105 Å². The SMILES string of the molecule is Cc1ccc(C(=O)c2cc(C(=O)O)c(C(=O)c3ccc(C)cc3)cc2C(=O)O)cc1. The first-order valence-electron chi connectivity index (χ1n) is 9.06. The minimum atomic E-state index is -1.43. The van der Waals surface area contributed by atoms with Crippen LogP contribution in [-0.4, -0.2) is 33.7 Å². The summed E-state index contributed by atoms with van der Waals surface area (Å²) in [6.45, 7) is 3.68. The number of rotatable bonds is 6. The summed E-state index contributed by atoms with van der Waals surface area (Å²) in [5, 5.41) is 19.3. The number of carboxylic acid groups (broad SMARTS) is 2. The fourth-order valence-corrected chi connectivity index (χ4v) is 3.05. The molecule has 2 N–H and O–H groups in total. The molecule has 0 aliphatic rings. The van der Waals surface area contributed by atoms with Gasteiger partial charge in [-0.15, -0.1) is 0 Å². The van der Waals surface area contributed by atoms with Gasteiger partial charge in [-0.1, -0.05) is 59.7 Å². The Hall–Kier alpha value is -4.06. The van der Waals surface area contributed by atoms with Gasteiger partial charge in [-0.25, -0.2) is 9.59 Å². The third kappa shape index (κ3) is 4.03. The third-order valence-electron chi connectivity index (χ3n) is 4.74. The highest BCUT2D eigenvalue weighted by molar-refractivity contribution is 6.19. The number of carbonyl (C=O) groups excluding carboxylic acids is 2. The predicted octanol–water partition coefficient (Wildman–Crippen LogP) is 4.16. The topological polar surface area (TPSA) is 109 Å². The molecule has 0 aromatic heterocycles. The van der Waals surface area contributed by atoms with Gasteiger partial charge < -0.3 is 10.2 Å². The minimum Gasteiger partial charge on any atom is -0.478 e. The zero-order chi connectivity index (χ0) is 22.0. The molecule has 0 saturated heterocycles. The highest BCUT2D eigenvalue weighted by Gasteiger charge is 2.26. The van der Waals surface area contributed by atoms with Crippen molar-refractivity contribution in [2.45, 2.75) is 13.8 Å². The second kappa shape index (κ2) is 8.13. The van der Waals surface area contributed by atoms with Crippen LogP contribution in [0.1, 0.15) is 63.7 Å². The highest BCUT2D eigenvalue weighted by atomic mass is 16.4. The van der Waals surface area contributed by atoms with Crippen LogP contribution in [0.3, 0.4) is 0 Å². The van der Waals surface area contributed by atoms with E-state index in [1.54, 1.807) is 24.3 Å². The number of hydrogen-bond donors (Lipinski definition) is 2. The maximum atomic E-state index is 12.9. The van der Waals surface area contributed by atoms with Crippen LogP contribution in [-0.2, 0) is 0 Å². The molecule has 6 heteroatoms. The molecule has 150 valence electrons. The fourth-order valence-electron chi connectivity index (χ4n) is 3.05. The Kier molecular flexibility index (Phi) is 5.60. The molecule has 0 amide bonds. The largest absolute Gasteiger partial charge is 0.478 e. The number of ketones is 2. The van der Waals surface area contributed by atoms with Gasteiger partial charge in [0.2, 0.25) is 0 Å². The Balaban J connectivity index is 2.19. The Bertz CT molecular complexity index is 1080. The molecule has 0 fully saturated rings. The van der Waals surface area contributed by atoms with E-state index in [2.05, 4.69) is 0 Å². The second-order valence-electron chi connectivity index (χ2n) is 6.94. The molecule has 0 aliphatic carbocycles. The summed E-state index contributed by atoms with van der Waals surface area (Å²) in [6.07, 6.45) is 0. The van der Waals surface area contributed by atoms with Crippen molar-refractivity contribution in [2.75, 3.05) is 0 Å². The molecule has 3 aromatic rings. The molecule has 0 atom stereocenters. The molecular weight excluding hydrogens is 384 g/mol. The molecule has 3 rings (SSSR count). The van der Waals surface area contributed by atoms with Crippen LogP contribution in [0.25, 0.3) is 0 Å². The van der Waals surface area contributed by atoms with Crippen LogP contribution in [0.15, 0.2) is 60.7 Å². The minimum absolute atomic E-state index is 0.219. The molecule has 0 radical (unpaired) electrons. The van der Waals surface area contributed by atoms with Crippen molar-refractivity contribution in [3.63, 3.8) is 0 Å². The summed E-state index contributed by atoms with van der Waals surface area (Å²) >= 11 is 0. The van der Waals surface area contributed by atoms with E-state index >= 15 is 0 Å². The number of carbonyl (C=O) groups is 4. The van der Waals surface area contributed by atoms with Gasteiger partial charge in [0.25, 0.3) is 0 Å². The van der Waals surface area contributed by atoms with Crippen molar-refractivity contribution in [2.24, 2.45) is 0 Å². The van der Waals surface area contributed by atoms with Crippen molar-refractivity contribution < 1.29 is 29.4 Å². The molecule has 0 bridgehead atoms. The van der Waals surface area contributed by atoms with Gasteiger partial charge >= 0.3 is 11.9 Å². The lowest BCUT2D eigenvalue weighted by atomic mass is 9.89. The quantitative estimate of drug-likeness (QED) is 0.599. The van der Waals surface area contributed by atoms with Gasteiger partial charge in [-0.2, -0.15) is 0 Å². The zero-order valence-corrected chi connectivity index (χ0v) is 16.3. The standard InChI is InChI=1S/C24H18O6/c1-13-3-7-15(8-4-13)21(25)17-11-20(24(29)30)18(12-19(17)23(27)28)22(26)16-9-5-14(2)6-10-16/h3-12H,1-2H3,(H,27,28)(H,29,30). The van der Waals surface area contributed by atoms with Crippen molar-refractivity contribution >= 4 is 23.5 Å². The number of aryl methyl sites for hydroxylation is 2. The number of hydrogen-bond acceptors (Lipinski definition) is 4. The second-order valence-corrected chi connectivity index (χ2v) is 6.94. The van der Waals surface area contributed by atoms with Crippen LogP contribution >= 0.6 is 0 Å². The molecule has 0 unspecified atom stereocenters. The van der Waals surface area contributed by atoms with E-state index in [4.69, 9.17) is 0 Å². The summed E-state index contributed by atoms with van der Waals surface area (Å²) in [4.78, 5) is 49.5. The van der Waals surface area contributed by atoms with Gasteiger partial charge in [-0.3, -0.25) is 9.59 Å². The van der Waals surface area contributed by atoms with E-state index in [1.807, 2.05) is 13.8 Å². The first-order valence-corrected chi connectivity index (χ1v) is 9.06. The fraction of sp³-hybridized carbons (Fsp3) is 0.0833. The normalized spacial score (nSPS) is 10.5. The van der Waals surface area contributed by atoms with Crippen LogP contribution in [0.2, 0.25) is 0 Å². The molecule has 0 spiro atoms. The first-order chi connectivity index (χ1) is 14.2. The summed E-state index contributed by atoms with van der Waals surface area (Å²) in [6, 6.07) is 14.9. The van der Waals surface area contributed by atoms with E-state index in [-0.39, 0.29) is 22.3 Å². The lowest BCUT2D eigenvalue weighted by Crippen LogP contribution is -2.17. The number of carboxylic acids is 2. The van der Waals surface area contributed by atoms with Gasteiger partial charge in [0.1, 0.15) is 0 Å². The highest BCUT2D eigenvalue weighted by Crippen LogP contribution is 2.24. The molecule has 3 aromatic carbocycles. The molecule has 30 heavy (non-hydrogen) atoms. The Morgan fingerprint density at radius 2 is 0.833 bits per heavy atom. The molecule has 0 saturated carbocycles. The van der Waals surface area contributed by atoms with E-state index < -0.39 is 34.6 Å². The van der Waals surface area contributed by atoms with E-state index in [9.17, 15) is 29.4 Å². The molecule has 0 heterocycles. The average molecular weight is 402 g/mol. The monoisotopic (exact) mass is 402 g/mol. The van der Waals surface area contributed by atoms with Gasteiger partial charge in [0.05, 0.1) is 11.1 Å². The Morgan fingerprint density at radius 3 is 1.10 bits per heavy atom. The van der Waals surface area contributed by atoms with Crippen LogP contribution in [0.5, 0.6) is 0 Å². The van der Waals surface area contributed by atoms with Crippen LogP contribution in [0.4, 0.5) is 0 Å². The van der Waals surface area contributed by atoms with E-state index in [1.165, 1.54) is 24.3 Å². The summed E-state index contributed by atoms with van der Waals surface area (Å²) in [5.41, 5.74) is 0.829. The maximum Gasteiger partial charge on any atom is 0.336 e. The third-order valence-corrected chi connectivity index (χ3v) is 4.74. The molecule has 6 nitrogen and oxygen atoms in total. The number of aromatic carboxylic acids is 2. The molecular formula is C24H18O6. The van der Waals surface area contributed by atoms with E-state index in [0.717, 1.165) is 23.3 Å². The lowest BCUT2D eigenvalue weighted by molar-refractivity contribution is 0.0677. The van der Waals surface area contributed by atoms with E-state index in [0.29, 0.717) is 0 Å². The predicted molar refractivity (Wildman–Crippen MR) is 110 cm³/mol. The Morgan fingerprint density at radius 1 is 0.533 bits per heavy atom.